The van der Waals surface area contributed by atoms with Crippen molar-refractivity contribution in [3.8, 4) is 0 Å². The minimum atomic E-state index is -0.460. The van der Waals surface area contributed by atoms with Gasteiger partial charge in [-0.15, -0.1) is 0 Å². The minimum absolute atomic E-state index is 0.160. The summed E-state index contributed by atoms with van der Waals surface area (Å²) in [6.07, 6.45) is 1.15. The molecule has 1 aliphatic carbocycles. The molecule has 1 fully saturated rings. The maximum absolute atomic E-state index is 11.6. The molecule has 0 aliphatic heterocycles. The maximum atomic E-state index is 11.6. The van der Waals surface area contributed by atoms with Crippen LogP contribution in [0.5, 0.6) is 0 Å². The molecule has 3 heteroatoms. The van der Waals surface area contributed by atoms with Gasteiger partial charge in [0.05, 0.1) is 12.5 Å². The molecule has 98 valence electrons. The summed E-state index contributed by atoms with van der Waals surface area (Å²) in [7, 11) is 1.44. The average Bonchev–Trinajstić information content (AvgIpc) is 3.16. The summed E-state index contributed by atoms with van der Waals surface area (Å²) in [6.45, 7) is 4.48. The SMILES string of the molecule is COC(=O)C(C)(C)CNC1CC1c1ccccc1. The molecule has 1 aliphatic rings. The lowest BCUT2D eigenvalue weighted by atomic mass is 9.93. The largest absolute Gasteiger partial charge is 0.469 e. The molecule has 18 heavy (non-hydrogen) atoms. The van der Waals surface area contributed by atoms with E-state index in [4.69, 9.17) is 4.74 Å². The Labute approximate surface area is 109 Å². The molecule has 0 amide bonds. The van der Waals surface area contributed by atoms with E-state index >= 15 is 0 Å². The topological polar surface area (TPSA) is 38.3 Å². The molecule has 2 rings (SSSR count). The summed E-state index contributed by atoms with van der Waals surface area (Å²) in [5.74, 6) is 0.437. The van der Waals surface area contributed by atoms with Gasteiger partial charge in [0.1, 0.15) is 0 Å². The number of nitrogens with one attached hydrogen (secondary N) is 1. The number of rotatable bonds is 5. The molecule has 1 aromatic carbocycles. The van der Waals surface area contributed by atoms with Crippen LogP contribution in [-0.2, 0) is 9.53 Å². The maximum Gasteiger partial charge on any atom is 0.312 e. The Morgan fingerprint density at radius 3 is 2.67 bits per heavy atom. The molecular formula is C15H21NO2. The third-order valence-corrected chi connectivity index (χ3v) is 3.56. The third kappa shape index (κ3) is 2.91. The minimum Gasteiger partial charge on any atom is -0.469 e. The van der Waals surface area contributed by atoms with Crippen LogP contribution < -0.4 is 5.32 Å². The van der Waals surface area contributed by atoms with Crippen LogP contribution in [0.1, 0.15) is 31.7 Å². The van der Waals surface area contributed by atoms with Gasteiger partial charge in [-0.05, 0) is 25.8 Å². The van der Waals surface area contributed by atoms with E-state index in [1.807, 2.05) is 19.9 Å². The first-order chi connectivity index (χ1) is 8.54. The van der Waals surface area contributed by atoms with Crippen molar-refractivity contribution in [3.63, 3.8) is 0 Å². The molecule has 2 unspecified atom stereocenters. The van der Waals surface area contributed by atoms with Gasteiger partial charge in [0.2, 0.25) is 0 Å². The van der Waals surface area contributed by atoms with Gasteiger partial charge in [-0.3, -0.25) is 4.79 Å². The lowest BCUT2D eigenvalue weighted by molar-refractivity contribution is -0.150. The molecule has 1 N–H and O–H groups in total. The number of methoxy groups -OCH3 is 1. The van der Waals surface area contributed by atoms with Crippen LogP contribution in [0.2, 0.25) is 0 Å². The van der Waals surface area contributed by atoms with Gasteiger partial charge in [-0.2, -0.15) is 0 Å². The van der Waals surface area contributed by atoms with Crippen molar-refractivity contribution in [1.29, 1.82) is 0 Å². The van der Waals surface area contributed by atoms with Gasteiger partial charge < -0.3 is 10.1 Å². The zero-order valence-corrected chi connectivity index (χ0v) is 11.3. The third-order valence-electron chi connectivity index (χ3n) is 3.56. The number of carbonyl (C=O) groups excluding carboxylic acids is 1. The van der Waals surface area contributed by atoms with Crippen LogP contribution >= 0.6 is 0 Å². The van der Waals surface area contributed by atoms with Gasteiger partial charge in [0, 0.05) is 18.5 Å². The second-order valence-corrected chi connectivity index (χ2v) is 5.62. The first-order valence-corrected chi connectivity index (χ1v) is 6.41. The summed E-state index contributed by atoms with van der Waals surface area (Å²) in [6, 6.07) is 11.0. The van der Waals surface area contributed by atoms with E-state index in [1.54, 1.807) is 0 Å². The monoisotopic (exact) mass is 247 g/mol. The van der Waals surface area contributed by atoms with E-state index in [1.165, 1.54) is 12.7 Å². The van der Waals surface area contributed by atoms with E-state index < -0.39 is 5.41 Å². The van der Waals surface area contributed by atoms with Gasteiger partial charge in [0.15, 0.2) is 0 Å². The Morgan fingerprint density at radius 1 is 1.39 bits per heavy atom. The van der Waals surface area contributed by atoms with Crippen molar-refractivity contribution in [2.24, 2.45) is 5.41 Å². The highest BCUT2D eigenvalue weighted by molar-refractivity contribution is 5.76. The Morgan fingerprint density at radius 2 is 2.06 bits per heavy atom. The normalized spacial score (nSPS) is 22.6. The van der Waals surface area contributed by atoms with Crippen LogP contribution in [-0.4, -0.2) is 25.7 Å². The molecule has 1 aromatic rings. The van der Waals surface area contributed by atoms with Crippen molar-refractivity contribution in [3.05, 3.63) is 35.9 Å². The van der Waals surface area contributed by atoms with E-state index in [0.29, 0.717) is 18.5 Å². The van der Waals surface area contributed by atoms with E-state index in [2.05, 4.69) is 29.6 Å². The highest BCUT2D eigenvalue weighted by Gasteiger charge is 2.40. The Balaban J connectivity index is 1.82. The summed E-state index contributed by atoms with van der Waals surface area (Å²) in [5, 5.41) is 3.46. The van der Waals surface area contributed by atoms with E-state index in [-0.39, 0.29) is 5.97 Å². The predicted molar refractivity (Wildman–Crippen MR) is 71.4 cm³/mol. The van der Waals surface area contributed by atoms with Gasteiger partial charge in [0.25, 0.3) is 0 Å². The summed E-state index contributed by atoms with van der Waals surface area (Å²) in [4.78, 5) is 11.6. The van der Waals surface area contributed by atoms with Crippen LogP contribution in [0.25, 0.3) is 0 Å². The van der Waals surface area contributed by atoms with Gasteiger partial charge >= 0.3 is 5.97 Å². The zero-order chi connectivity index (χ0) is 13.2. The summed E-state index contributed by atoms with van der Waals surface area (Å²) in [5.41, 5.74) is 0.921. The summed E-state index contributed by atoms with van der Waals surface area (Å²) >= 11 is 0. The average molecular weight is 247 g/mol. The molecule has 0 aromatic heterocycles. The van der Waals surface area contributed by atoms with Gasteiger partial charge in [-0.1, -0.05) is 30.3 Å². The van der Waals surface area contributed by atoms with Crippen LogP contribution in [0, 0.1) is 5.41 Å². The summed E-state index contributed by atoms with van der Waals surface area (Å²) < 4.78 is 4.80. The van der Waals surface area contributed by atoms with Crippen molar-refractivity contribution in [2.75, 3.05) is 13.7 Å². The fraction of sp³-hybridized carbons (Fsp3) is 0.533. The van der Waals surface area contributed by atoms with Gasteiger partial charge in [-0.25, -0.2) is 0 Å². The van der Waals surface area contributed by atoms with Crippen molar-refractivity contribution in [1.82, 2.24) is 5.32 Å². The van der Waals surface area contributed by atoms with Crippen molar-refractivity contribution in [2.45, 2.75) is 32.2 Å². The number of carbonyl (C=O) groups is 1. The molecule has 0 saturated heterocycles. The number of esters is 1. The first kappa shape index (κ1) is 13.1. The van der Waals surface area contributed by atoms with Crippen LogP contribution in [0.4, 0.5) is 0 Å². The van der Waals surface area contributed by atoms with Crippen molar-refractivity contribution >= 4 is 5.97 Å². The smallest absolute Gasteiger partial charge is 0.312 e. The second-order valence-electron chi connectivity index (χ2n) is 5.62. The fourth-order valence-electron chi connectivity index (χ4n) is 2.22. The Hall–Kier alpha value is -1.35. The lowest BCUT2D eigenvalue weighted by Gasteiger charge is -2.21. The number of ether oxygens (including phenoxy) is 1. The Kier molecular flexibility index (Phi) is 3.71. The molecule has 0 spiro atoms. The van der Waals surface area contributed by atoms with Crippen LogP contribution in [0.3, 0.4) is 0 Å². The predicted octanol–water partition coefficient (Wildman–Crippen LogP) is 2.33. The van der Waals surface area contributed by atoms with E-state index in [9.17, 15) is 4.79 Å². The Bertz CT molecular complexity index is 414. The standard InChI is InChI=1S/C15H21NO2/c1-15(2,14(17)18-3)10-16-13-9-12(13)11-7-5-4-6-8-11/h4-8,12-13,16H,9-10H2,1-3H3. The molecule has 1 saturated carbocycles. The first-order valence-electron chi connectivity index (χ1n) is 6.41. The number of hydrogen-bond donors (Lipinski definition) is 1. The van der Waals surface area contributed by atoms with E-state index in [0.717, 1.165) is 6.42 Å². The molecule has 0 bridgehead atoms. The molecule has 3 nitrogen and oxygen atoms in total. The van der Waals surface area contributed by atoms with Crippen molar-refractivity contribution < 1.29 is 9.53 Å². The number of benzene rings is 1. The number of hydrogen-bond acceptors (Lipinski definition) is 3. The lowest BCUT2D eigenvalue weighted by Crippen LogP contribution is -2.38. The molecular weight excluding hydrogens is 226 g/mol. The highest BCUT2D eigenvalue weighted by Crippen LogP contribution is 2.40. The molecule has 0 radical (unpaired) electrons. The van der Waals surface area contributed by atoms with Crippen LogP contribution in [0.15, 0.2) is 30.3 Å². The quantitative estimate of drug-likeness (QED) is 0.812. The fourth-order valence-corrected chi connectivity index (χ4v) is 2.22. The zero-order valence-electron chi connectivity index (χ0n) is 11.3. The molecule has 0 heterocycles. The second kappa shape index (κ2) is 5.11. The highest BCUT2D eigenvalue weighted by atomic mass is 16.5. The molecule has 2 atom stereocenters.